The van der Waals surface area contributed by atoms with Gasteiger partial charge in [0.05, 0.1) is 18.1 Å². The Kier molecular flexibility index (Phi) is 7.78. The highest BCUT2D eigenvalue weighted by Gasteiger charge is 2.32. The van der Waals surface area contributed by atoms with Crippen LogP contribution in [0.4, 0.5) is 5.00 Å². The highest BCUT2D eigenvalue weighted by molar-refractivity contribution is 7.16. The van der Waals surface area contributed by atoms with E-state index in [4.69, 9.17) is 9.47 Å². The van der Waals surface area contributed by atoms with Gasteiger partial charge in [-0.05, 0) is 46.1 Å². The lowest BCUT2D eigenvalue weighted by atomic mass is 9.97. The molecule has 0 unspecified atom stereocenters. The summed E-state index contributed by atoms with van der Waals surface area (Å²) >= 11 is 1.30. The van der Waals surface area contributed by atoms with Crippen LogP contribution in [0.1, 0.15) is 54.4 Å². The van der Waals surface area contributed by atoms with Crippen molar-refractivity contribution in [1.82, 2.24) is 4.90 Å². The summed E-state index contributed by atoms with van der Waals surface area (Å²) in [5.74, 6) is -1.65. The minimum Gasteiger partial charge on any atom is -0.466 e. The van der Waals surface area contributed by atoms with E-state index in [2.05, 4.69) is 5.32 Å². The van der Waals surface area contributed by atoms with Crippen LogP contribution >= 0.6 is 11.3 Å². The quantitative estimate of drug-likeness (QED) is 0.705. The maximum atomic E-state index is 12.7. The minimum absolute atomic E-state index is 0.200. The van der Waals surface area contributed by atoms with Gasteiger partial charge in [0, 0.05) is 24.9 Å². The topological polar surface area (TPSA) is 102 Å². The molecule has 160 valence electrons. The number of nitrogens with zero attached hydrogens (tertiary/aromatic N) is 1. The largest absolute Gasteiger partial charge is 0.466 e. The van der Waals surface area contributed by atoms with Crippen LogP contribution in [0.2, 0.25) is 0 Å². The zero-order valence-corrected chi connectivity index (χ0v) is 18.3. The fraction of sp³-hybridized carbons (Fsp3) is 0.600. The maximum absolute atomic E-state index is 12.7. The number of aryl methyl sites for hydroxylation is 1. The highest BCUT2D eigenvalue weighted by Crippen LogP contribution is 2.33. The number of carbonyl (C=O) groups is 4. The molecule has 1 aromatic rings. The van der Waals surface area contributed by atoms with Crippen molar-refractivity contribution in [2.75, 3.05) is 25.0 Å². The van der Waals surface area contributed by atoms with Crippen LogP contribution in [-0.2, 0) is 23.9 Å². The number of piperidine rings is 1. The Morgan fingerprint density at radius 2 is 1.83 bits per heavy atom. The molecular formula is C20H28N2O6S. The normalized spacial score (nSPS) is 15.6. The number of hydrogen-bond donors (Lipinski definition) is 1. The van der Waals surface area contributed by atoms with Crippen molar-refractivity contribution >= 4 is 40.1 Å². The number of thiophene rings is 1. The minimum atomic E-state index is -0.966. The lowest BCUT2D eigenvalue weighted by molar-refractivity contribution is -0.152. The van der Waals surface area contributed by atoms with Gasteiger partial charge in [-0.25, -0.2) is 4.79 Å². The van der Waals surface area contributed by atoms with Gasteiger partial charge in [-0.15, -0.1) is 11.3 Å². The zero-order chi connectivity index (χ0) is 21.7. The molecule has 0 spiro atoms. The molecule has 0 saturated carbocycles. The van der Waals surface area contributed by atoms with Crippen LogP contribution < -0.4 is 5.32 Å². The maximum Gasteiger partial charge on any atom is 0.342 e. The van der Waals surface area contributed by atoms with E-state index < -0.39 is 12.1 Å². The SMILES string of the molecule is CCOC(=O)C1CCN(C(=O)[C@@H](C)OC(=O)c2c(NC(C)=O)sc(C)c2C)CC1. The van der Waals surface area contributed by atoms with E-state index in [1.54, 1.807) is 18.7 Å². The molecule has 1 fully saturated rings. The molecule has 1 atom stereocenters. The Hall–Kier alpha value is -2.42. The summed E-state index contributed by atoms with van der Waals surface area (Å²) in [6.07, 6.45) is 0.0908. The molecule has 0 bridgehead atoms. The van der Waals surface area contributed by atoms with Crippen molar-refractivity contribution in [2.45, 2.75) is 53.6 Å². The van der Waals surface area contributed by atoms with Gasteiger partial charge in [-0.3, -0.25) is 14.4 Å². The second-order valence-electron chi connectivity index (χ2n) is 7.07. The molecule has 0 aliphatic carbocycles. The lowest BCUT2D eigenvalue weighted by Gasteiger charge is -2.32. The summed E-state index contributed by atoms with van der Waals surface area (Å²) in [5.41, 5.74) is 1.00. The average Bonchev–Trinajstić information content (AvgIpc) is 2.94. The summed E-state index contributed by atoms with van der Waals surface area (Å²) < 4.78 is 10.5. The van der Waals surface area contributed by atoms with Gasteiger partial charge in [-0.1, -0.05) is 0 Å². The van der Waals surface area contributed by atoms with Crippen LogP contribution in [-0.4, -0.2) is 54.5 Å². The first-order valence-corrected chi connectivity index (χ1v) is 10.5. The van der Waals surface area contributed by atoms with Crippen LogP contribution in [0, 0.1) is 19.8 Å². The number of anilines is 1. The summed E-state index contributed by atoms with van der Waals surface area (Å²) in [7, 11) is 0. The number of hydrogen-bond acceptors (Lipinski definition) is 7. The summed E-state index contributed by atoms with van der Waals surface area (Å²) in [5, 5.41) is 3.07. The fourth-order valence-electron chi connectivity index (χ4n) is 3.24. The third kappa shape index (κ3) is 5.56. The number of carbonyl (C=O) groups excluding carboxylic acids is 4. The van der Waals surface area contributed by atoms with Crippen molar-refractivity contribution in [3.05, 3.63) is 16.0 Å². The number of esters is 2. The molecule has 0 aromatic carbocycles. The second-order valence-corrected chi connectivity index (χ2v) is 8.29. The number of ether oxygens (including phenoxy) is 2. The number of rotatable bonds is 6. The van der Waals surface area contributed by atoms with Gasteiger partial charge in [0.2, 0.25) is 5.91 Å². The Balaban J connectivity index is 1.99. The Morgan fingerprint density at radius 1 is 1.21 bits per heavy atom. The summed E-state index contributed by atoms with van der Waals surface area (Å²) in [4.78, 5) is 51.1. The Labute approximate surface area is 174 Å². The van der Waals surface area contributed by atoms with Gasteiger partial charge in [0.15, 0.2) is 6.10 Å². The van der Waals surface area contributed by atoms with E-state index in [0.29, 0.717) is 37.5 Å². The van der Waals surface area contributed by atoms with Crippen molar-refractivity contribution in [3.8, 4) is 0 Å². The third-order valence-electron chi connectivity index (χ3n) is 4.94. The first-order valence-electron chi connectivity index (χ1n) is 9.69. The molecule has 1 aromatic heterocycles. The molecule has 9 heteroatoms. The van der Waals surface area contributed by atoms with Crippen LogP contribution in [0.15, 0.2) is 0 Å². The lowest BCUT2D eigenvalue weighted by Crippen LogP contribution is -2.45. The summed E-state index contributed by atoms with van der Waals surface area (Å²) in [6.45, 7) is 9.46. The van der Waals surface area contributed by atoms with Gasteiger partial charge in [-0.2, -0.15) is 0 Å². The van der Waals surface area contributed by atoms with E-state index in [1.807, 2.05) is 6.92 Å². The van der Waals surface area contributed by atoms with E-state index >= 15 is 0 Å². The highest BCUT2D eigenvalue weighted by atomic mass is 32.1. The predicted octanol–water partition coefficient (Wildman–Crippen LogP) is 2.67. The van der Waals surface area contributed by atoms with Gasteiger partial charge in [0.1, 0.15) is 5.00 Å². The first-order chi connectivity index (χ1) is 13.6. The fourth-order valence-corrected chi connectivity index (χ4v) is 4.34. The molecular weight excluding hydrogens is 396 g/mol. The molecule has 1 aliphatic heterocycles. The number of nitrogens with one attached hydrogen (secondary N) is 1. The zero-order valence-electron chi connectivity index (χ0n) is 17.5. The molecule has 8 nitrogen and oxygen atoms in total. The third-order valence-corrected chi connectivity index (χ3v) is 6.06. The van der Waals surface area contributed by atoms with Crippen molar-refractivity contribution in [3.63, 3.8) is 0 Å². The van der Waals surface area contributed by atoms with E-state index in [0.717, 1.165) is 10.4 Å². The second kappa shape index (κ2) is 9.87. The molecule has 2 heterocycles. The molecule has 0 radical (unpaired) electrons. The van der Waals surface area contributed by atoms with Gasteiger partial charge in [0.25, 0.3) is 5.91 Å². The average molecular weight is 425 g/mol. The predicted molar refractivity (Wildman–Crippen MR) is 109 cm³/mol. The van der Waals surface area contributed by atoms with Crippen LogP contribution in [0.3, 0.4) is 0 Å². The van der Waals surface area contributed by atoms with E-state index in [1.165, 1.54) is 25.2 Å². The monoisotopic (exact) mass is 424 g/mol. The molecule has 1 saturated heterocycles. The molecule has 2 amide bonds. The van der Waals surface area contributed by atoms with E-state index in [9.17, 15) is 19.2 Å². The molecule has 2 rings (SSSR count). The van der Waals surface area contributed by atoms with Gasteiger partial charge >= 0.3 is 11.9 Å². The van der Waals surface area contributed by atoms with Crippen molar-refractivity contribution in [2.24, 2.45) is 5.92 Å². The van der Waals surface area contributed by atoms with Crippen LogP contribution in [0.25, 0.3) is 0 Å². The van der Waals surface area contributed by atoms with Gasteiger partial charge < -0.3 is 19.7 Å². The number of amides is 2. The van der Waals surface area contributed by atoms with Crippen molar-refractivity contribution < 1.29 is 28.7 Å². The Bertz CT molecular complexity index is 795. The van der Waals surface area contributed by atoms with E-state index in [-0.39, 0.29) is 29.3 Å². The smallest absolute Gasteiger partial charge is 0.342 e. The summed E-state index contributed by atoms with van der Waals surface area (Å²) in [6, 6.07) is 0. The number of likely N-dealkylation sites (tertiary alicyclic amines) is 1. The van der Waals surface area contributed by atoms with Crippen molar-refractivity contribution in [1.29, 1.82) is 0 Å². The molecule has 1 N–H and O–H groups in total. The first kappa shape index (κ1) is 22.9. The molecule has 29 heavy (non-hydrogen) atoms. The van der Waals surface area contributed by atoms with Crippen LogP contribution in [0.5, 0.6) is 0 Å². The molecule has 1 aliphatic rings. The Morgan fingerprint density at radius 3 is 2.38 bits per heavy atom. The standard InChI is InChI=1S/C20H28N2O6S/c1-6-27-19(25)15-7-9-22(10-8-15)18(24)12(3)28-20(26)16-11(2)13(4)29-17(16)21-14(5)23/h12,15H,6-10H2,1-5H3,(H,21,23)/t12-/m1/s1.